The smallest absolute Gasteiger partial charge is 0.323 e. The summed E-state index contributed by atoms with van der Waals surface area (Å²) in [5.74, 6) is 0.324. The third-order valence-electron chi connectivity index (χ3n) is 4.97. The Morgan fingerprint density at radius 2 is 1.79 bits per heavy atom. The van der Waals surface area contributed by atoms with E-state index in [-0.39, 0.29) is 5.92 Å². The molecule has 1 atom stereocenters. The van der Waals surface area contributed by atoms with E-state index in [1.807, 2.05) is 55.5 Å². The van der Waals surface area contributed by atoms with Gasteiger partial charge in [-0.05, 0) is 43.2 Å². The zero-order valence-electron chi connectivity index (χ0n) is 15.9. The first kappa shape index (κ1) is 19.7. The van der Waals surface area contributed by atoms with Crippen LogP contribution in [0.1, 0.15) is 30.9 Å². The van der Waals surface area contributed by atoms with Crippen molar-refractivity contribution in [1.29, 1.82) is 5.26 Å². The summed E-state index contributed by atoms with van der Waals surface area (Å²) in [7, 11) is 1.60. The number of nitriles is 1. The normalized spacial score (nSPS) is 16.8. The number of amides is 2. The summed E-state index contributed by atoms with van der Waals surface area (Å²) >= 11 is 3.46. The summed E-state index contributed by atoms with van der Waals surface area (Å²) in [6, 6.07) is 17.1. The number of benzene rings is 2. The number of ether oxygens (including phenoxy) is 1. The fourth-order valence-electron chi connectivity index (χ4n) is 3.74. The number of allylic oxidation sites excluding steroid dienone is 4. The van der Waals surface area contributed by atoms with Gasteiger partial charge in [-0.3, -0.25) is 4.90 Å². The van der Waals surface area contributed by atoms with Crippen LogP contribution in [0.25, 0.3) is 5.57 Å². The van der Waals surface area contributed by atoms with Gasteiger partial charge in [0.25, 0.3) is 0 Å². The molecule has 2 aromatic carbocycles. The summed E-state index contributed by atoms with van der Waals surface area (Å²) < 4.78 is 6.51. The van der Waals surface area contributed by atoms with E-state index < -0.39 is 6.03 Å². The maximum Gasteiger partial charge on any atom is 0.323 e. The van der Waals surface area contributed by atoms with Crippen molar-refractivity contribution >= 4 is 27.5 Å². The third kappa shape index (κ3) is 3.30. The zero-order valence-corrected chi connectivity index (χ0v) is 17.4. The molecule has 0 aromatic heterocycles. The molecule has 2 N–H and O–H groups in total. The Morgan fingerprint density at radius 3 is 2.36 bits per heavy atom. The molecule has 0 bridgehead atoms. The van der Waals surface area contributed by atoms with Gasteiger partial charge in [0.15, 0.2) is 0 Å². The van der Waals surface area contributed by atoms with Crippen LogP contribution in [0.15, 0.2) is 70.0 Å². The summed E-state index contributed by atoms with van der Waals surface area (Å²) in [4.78, 5) is 13.6. The summed E-state index contributed by atoms with van der Waals surface area (Å²) in [5.41, 5.74) is 9.94. The van der Waals surface area contributed by atoms with Gasteiger partial charge in [-0.15, -0.1) is 0 Å². The van der Waals surface area contributed by atoms with E-state index in [4.69, 9.17) is 10.5 Å². The van der Waals surface area contributed by atoms with Crippen LogP contribution in [0, 0.1) is 11.3 Å². The first-order valence-electron chi connectivity index (χ1n) is 8.70. The molecule has 28 heavy (non-hydrogen) atoms. The van der Waals surface area contributed by atoms with Crippen LogP contribution in [0.3, 0.4) is 0 Å². The van der Waals surface area contributed by atoms with E-state index in [9.17, 15) is 10.1 Å². The van der Waals surface area contributed by atoms with Crippen molar-refractivity contribution in [1.82, 2.24) is 4.90 Å². The molecule has 1 heterocycles. The van der Waals surface area contributed by atoms with E-state index in [2.05, 4.69) is 22.0 Å². The standard InChI is InChI=1S/C22H20BrN3O2/c1-13-18(12-24)21(15-8-10-16(23)11-9-15)20(14(2)26(13)22(25)27)17-6-4-5-7-19(17)28-3/h4-11,21H,1-3H3,(H2,25,27). The molecular weight excluding hydrogens is 418 g/mol. The second-order valence-corrected chi connectivity index (χ2v) is 7.38. The minimum atomic E-state index is -0.621. The van der Waals surface area contributed by atoms with Crippen molar-refractivity contribution in [3.8, 4) is 11.8 Å². The van der Waals surface area contributed by atoms with E-state index in [1.54, 1.807) is 14.0 Å². The van der Waals surface area contributed by atoms with Gasteiger partial charge < -0.3 is 10.5 Å². The van der Waals surface area contributed by atoms with Gasteiger partial charge in [0, 0.05) is 27.3 Å². The summed E-state index contributed by atoms with van der Waals surface area (Å²) in [6.45, 7) is 3.59. The maximum absolute atomic E-state index is 12.2. The molecule has 1 aliphatic rings. The Hall–Kier alpha value is -3.04. The van der Waals surface area contributed by atoms with Gasteiger partial charge in [0.1, 0.15) is 5.75 Å². The number of hydrogen-bond acceptors (Lipinski definition) is 3. The lowest BCUT2D eigenvalue weighted by Crippen LogP contribution is -2.37. The van der Waals surface area contributed by atoms with E-state index in [0.29, 0.717) is 22.7 Å². The number of urea groups is 1. The number of carbonyl (C=O) groups excluding carboxylic acids is 1. The fourth-order valence-corrected chi connectivity index (χ4v) is 4.00. The molecule has 3 rings (SSSR count). The van der Waals surface area contributed by atoms with E-state index in [1.165, 1.54) is 4.90 Å². The van der Waals surface area contributed by atoms with Crippen molar-refractivity contribution in [3.63, 3.8) is 0 Å². The number of nitrogens with zero attached hydrogens (tertiary/aromatic N) is 2. The number of carbonyl (C=O) groups is 1. The lowest BCUT2D eigenvalue weighted by molar-refractivity contribution is 0.229. The average molecular weight is 438 g/mol. The van der Waals surface area contributed by atoms with E-state index >= 15 is 0 Å². The van der Waals surface area contributed by atoms with Crippen molar-refractivity contribution < 1.29 is 9.53 Å². The molecule has 2 amide bonds. The maximum atomic E-state index is 12.2. The number of halogens is 1. The Labute approximate surface area is 172 Å². The van der Waals surface area contributed by atoms with Crippen molar-refractivity contribution in [2.45, 2.75) is 19.8 Å². The predicted octanol–water partition coefficient (Wildman–Crippen LogP) is 5.16. The van der Waals surface area contributed by atoms with Crippen LogP contribution < -0.4 is 10.5 Å². The monoisotopic (exact) mass is 437 g/mol. The number of nitrogens with two attached hydrogens (primary N) is 1. The highest BCUT2D eigenvalue weighted by Crippen LogP contribution is 2.48. The SMILES string of the molecule is COc1ccccc1C1=C(C)N(C(N)=O)C(C)=C(C#N)C1c1ccc(Br)cc1. The highest BCUT2D eigenvalue weighted by molar-refractivity contribution is 9.10. The van der Waals surface area contributed by atoms with E-state index in [0.717, 1.165) is 21.2 Å². The Balaban J connectivity index is 2.36. The number of rotatable bonds is 3. The van der Waals surface area contributed by atoms with Gasteiger partial charge >= 0.3 is 6.03 Å². The minimum Gasteiger partial charge on any atom is -0.496 e. The number of methoxy groups -OCH3 is 1. The Morgan fingerprint density at radius 1 is 1.14 bits per heavy atom. The minimum absolute atomic E-state index is 0.343. The lowest BCUT2D eigenvalue weighted by Gasteiger charge is -2.36. The van der Waals surface area contributed by atoms with Crippen LogP contribution in [0.2, 0.25) is 0 Å². The van der Waals surface area contributed by atoms with Crippen LogP contribution in [0.5, 0.6) is 5.75 Å². The quantitative estimate of drug-likeness (QED) is 0.719. The number of para-hydroxylation sites is 1. The molecule has 0 fully saturated rings. The van der Waals surface area contributed by atoms with Gasteiger partial charge in [-0.2, -0.15) is 5.26 Å². The molecule has 5 nitrogen and oxygen atoms in total. The molecular formula is C22H20BrN3O2. The third-order valence-corrected chi connectivity index (χ3v) is 5.50. The van der Waals surface area contributed by atoms with Gasteiger partial charge in [-0.1, -0.05) is 46.3 Å². The first-order chi connectivity index (χ1) is 13.4. The largest absolute Gasteiger partial charge is 0.496 e. The van der Waals surface area contributed by atoms with Gasteiger partial charge in [-0.25, -0.2) is 4.79 Å². The Kier molecular flexibility index (Phi) is 5.57. The molecule has 2 aromatic rings. The molecule has 1 aliphatic heterocycles. The number of primary amides is 1. The van der Waals surface area contributed by atoms with Crippen LogP contribution >= 0.6 is 15.9 Å². The summed E-state index contributed by atoms with van der Waals surface area (Å²) in [5, 5.41) is 9.98. The molecule has 142 valence electrons. The predicted molar refractivity (Wildman–Crippen MR) is 112 cm³/mol. The lowest BCUT2D eigenvalue weighted by atomic mass is 9.77. The van der Waals surface area contributed by atoms with Crippen molar-refractivity contribution in [3.05, 3.63) is 81.1 Å². The van der Waals surface area contributed by atoms with Gasteiger partial charge in [0.2, 0.25) is 0 Å². The van der Waals surface area contributed by atoms with Crippen LogP contribution in [0.4, 0.5) is 4.79 Å². The highest BCUT2D eigenvalue weighted by atomic mass is 79.9. The second-order valence-electron chi connectivity index (χ2n) is 6.47. The topological polar surface area (TPSA) is 79.3 Å². The average Bonchev–Trinajstić information content (AvgIpc) is 2.68. The first-order valence-corrected chi connectivity index (χ1v) is 9.50. The van der Waals surface area contributed by atoms with Crippen molar-refractivity contribution in [2.75, 3.05) is 7.11 Å². The molecule has 1 unspecified atom stereocenters. The molecule has 0 saturated heterocycles. The fraction of sp³-hybridized carbons (Fsp3) is 0.182. The summed E-state index contributed by atoms with van der Waals surface area (Å²) in [6.07, 6.45) is 0. The molecule has 0 spiro atoms. The highest BCUT2D eigenvalue weighted by Gasteiger charge is 2.36. The zero-order chi connectivity index (χ0) is 20.4. The van der Waals surface area contributed by atoms with Gasteiger partial charge in [0.05, 0.1) is 18.8 Å². The second kappa shape index (κ2) is 7.91. The van der Waals surface area contributed by atoms with Crippen LogP contribution in [-0.4, -0.2) is 18.0 Å². The van der Waals surface area contributed by atoms with Crippen LogP contribution in [-0.2, 0) is 0 Å². The van der Waals surface area contributed by atoms with Crippen molar-refractivity contribution in [2.24, 2.45) is 5.73 Å². The molecule has 0 aliphatic carbocycles. The molecule has 0 saturated carbocycles. The molecule has 6 heteroatoms. The molecule has 0 radical (unpaired) electrons. The Bertz CT molecular complexity index is 1030. The number of hydrogen-bond donors (Lipinski definition) is 1.